The average Bonchev–Trinajstić information content (AvgIpc) is 2.84. The lowest BCUT2D eigenvalue weighted by Gasteiger charge is -1.96. The first kappa shape index (κ1) is 9.59. The highest BCUT2D eigenvalue weighted by Crippen LogP contribution is 2.26. The number of halogens is 1. The molecule has 3 rings (SSSR count). The van der Waals surface area contributed by atoms with E-state index in [2.05, 4.69) is 25.9 Å². The van der Waals surface area contributed by atoms with Gasteiger partial charge >= 0.3 is 0 Å². The highest BCUT2D eigenvalue weighted by Gasteiger charge is 2.13. The fraction of sp³-hybridized carbons (Fsp3) is 0.0909. The molecule has 0 radical (unpaired) electrons. The lowest BCUT2D eigenvalue weighted by atomic mass is 10.4. The maximum absolute atomic E-state index is 5.49. The Kier molecular flexibility index (Phi) is 2.07. The van der Waals surface area contributed by atoms with Crippen molar-refractivity contribution < 1.29 is 4.42 Å². The first-order chi connectivity index (χ1) is 7.75. The van der Waals surface area contributed by atoms with Crippen LogP contribution in [0.5, 0.6) is 0 Å². The maximum atomic E-state index is 5.49. The Balaban J connectivity index is 2.28. The van der Waals surface area contributed by atoms with Crippen molar-refractivity contribution >= 4 is 27.1 Å². The fourth-order valence-corrected chi connectivity index (χ4v) is 1.98. The molecule has 0 aliphatic heterocycles. The summed E-state index contributed by atoms with van der Waals surface area (Å²) < 4.78 is 8.10. The maximum Gasteiger partial charge on any atom is 0.178 e. The molecule has 0 saturated carbocycles. The molecule has 0 fully saturated rings. The van der Waals surface area contributed by atoms with Crippen molar-refractivity contribution in [2.75, 3.05) is 0 Å². The number of hydrogen-bond donors (Lipinski definition) is 0. The number of aromatic nitrogens is 3. The Morgan fingerprint density at radius 3 is 2.88 bits per heavy atom. The van der Waals surface area contributed by atoms with Gasteiger partial charge in [0, 0.05) is 13.2 Å². The van der Waals surface area contributed by atoms with Crippen LogP contribution in [0.1, 0.15) is 0 Å². The Bertz CT molecular complexity index is 656. The van der Waals surface area contributed by atoms with Gasteiger partial charge in [-0.25, -0.2) is 9.97 Å². The van der Waals surface area contributed by atoms with E-state index < -0.39 is 0 Å². The third kappa shape index (κ3) is 1.36. The second-order valence-corrected chi connectivity index (χ2v) is 4.23. The summed E-state index contributed by atoms with van der Waals surface area (Å²) in [5.74, 6) is 1.51. The van der Waals surface area contributed by atoms with E-state index in [0.717, 1.165) is 22.7 Å². The summed E-state index contributed by atoms with van der Waals surface area (Å²) in [4.78, 5) is 8.76. The molecule has 4 nitrogen and oxygen atoms in total. The Labute approximate surface area is 100 Å². The van der Waals surface area contributed by atoms with Crippen molar-refractivity contribution in [1.29, 1.82) is 0 Å². The number of rotatable bonds is 1. The van der Waals surface area contributed by atoms with Crippen molar-refractivity contribution in [3.63, 3.8) is 0 Å². The van der Waals surface area contributed by atoms with Gasteiger partial charge in [-0.05, 0) is 40.2 Å². The minimum atomic E-state index is 0.697. The molecule has 0 aromatic carbocycles. The van der Waals surface area contributed by atoms with Gasteiger partial charge in [-0.3, -0.25) is 0 Å². The average molecular weight is 278 g/mol. The first-order valence-corrected chi connectivity index (χ1v) is 5.58. The standard InChI is InChI=1S/C11H8BrN3O/c1-15-10-7(3-2-6-13-10)14-11(15)8-4-5-9(12)16-8/h2-6H,1H3. The summed E-state index contributed by atoms with van der Waals surface area (Å²) in [6.07, 6.45) is 1.76. The molecular formula is C11H8BrN3O. The van der Waals surface area contributed by atoms with E-state index >= 15 is 0 Å². The van der Waals surface area contributed by atoms with Gasteiger partial charge in [-0.15, -0.1) is 0 Å². The minimum absolute atomic E-state index is 0.697. The Hall–Kier alpha value is -1.62. The van der Waals surface area contributed by atoms with E-state index in [9.17, 15) is 0 Å². The van der Waals surface area contributed by atoms with Crippen LogP contribution < -0.4 is 0 Å². The van der Waals surface area contributed by atoms with Crippen LogP contribution in [0.3, 0.4) is 0 Å². The van der Waals surface area contributed by atoms with Gasteiger partial charge in [-0.2, -0.15) is 0 Å². The number of nitrogens with zero attached hydrogens (tertiary/aromatic N) is 3. The molecule has 3 aromatic heterocycles. The van der Waals surface area contributed by atoms with Crippen LogP contribution in [0.15, 0.2) is 39.5 Å². The van der Waals surface area contributed by atoms with Gasteiger partial charge in [0.2, 0.25) is 0 Å². The van der Waals surface area contributed by atoms with Crippen LogP contribution >= 0.6 is 15.9 Å². The molecule has 0 bridgehead atoms. The number of aryl methyl sites for hydroxylation is 1. The van der Waals surface area contributed by atoms with Crippen molar-refractivity contribution in [2.24, 2.45) is 7.05 Å². The van der Waals surface area contributed by atoms with Gasteiger partial charge in [0.1, 0.15) is 5.52 Å². The molecule has 0 unspecified atom stereocenters. The van der Waals surface area contributed by atoms with E-state index in [4.69, 9.17) is 4.42 Å². The monoisotopic (exact) mass is 277 g/mol. The predicted octanol–water partition coefficient (Wildman–Crippen LogP) is 2.99. The third-order valence-corrected chi connectivity index (χ3v) is 2.85. The number of furan rings is 1. The lowest BCUT2D eigenvalue weighted by Crippen LogP contribution is -1.92. The molecule has 0 aliphatic carbocycles. The number of pyridine rings is 1. The molecule has 0 saturated heterocycles. The van der Waals surface area contributed by atoms with Gasteiger partial charge in [0.15, 0.2) is 21.9 Å². The third-order valence-electron chi connectivity index (χ3n) is 2.42. The molecule has 0 atom stereocenters. The normalized spacial score (nSPS) is 11.1. The van der Waals surface area contributed by atoms with Crippen molar-refractivity contribution in [2.45, 2.75) is 0 Å². The van der Waals surface area contributed by atoms with Crippen LogP contribution in [0.4, 0.5) is 0 Å². The van der Waals surface area contributed by atoms with Crippen LogP contribution in [-0.4, -0.2) is 14.5 Å². The number of fused-ring (bicyclic) bond motifs is 1. The molecule has 3 aromatic rings. The van der Waals surface area contributed by atoms with Gasteiger partial charge in [-0.1, -0.05) is 0 Å². The summed E-state index contributed by atoms with van der Waals surface area (Å²) in [5, 5.41) is 0. The van der Waals surface area contributed by atoms with Gasteiger partial charge in [0.05, 0.1) is 0 Å². The van der Waals surface area contributed by atoms with Gasteiger partial charge < -0.3 is 8.98 Å². The molecule has 80 valence electrons. The van der Waals surface area contributed by atoms with E-state index in [0.29, 0.717) is 4.67 Å². The molecule has 3 heterocycles. The van der Waals surface area contributed by atoms with E-state index in [1.54, 1.807) is 6.20 Å². The zero-order chi connectivity index (χ0) is 11.1. The zero-order valence-corrected chi connectivity index (χ0v) is 10.1. The number of hydrogen-bond acceptors (Lipinski definition) is 3. The fourth-order valence-electron chi connectivity index (χ4n) is 1.68. The summed E-state index contributed by atoms with van der Waals surface area (Å²) in [6.45, 7) is 0. The summed E-state index contributed by atoms with van der Waals surface area (Å²) >= 11 is 3.28. The van der Waals surface area contributed by atoms with Crippen molar-refractivity contribution in [1.82, 2.24) is 14.5 Å². The molecule has 0 N–H and O–H groups in total. The largest absolute Gasteiger partial charge is 0.446 e. The van der Waals surface area contributed by atoms with E-state index in [1.165, 1.54) is 0 Å². The zero-order valence-electron chi connectivity index (χ0n) is 8.51. The topological polar surface area (TPSA) is 43.9 Å². The molecule has 5 heteroatoms. The second-order valence-electron chi connectivity index (χ2n) is 3.44. The van der Waals surface area contributed by atoms with Crippen LogP contribution in [0.2, 0.25) is 0 Å². The summed E-state index contributed by atoms with van der Waals surface area (Å²) in [6, 6.07) is 7.54. The van der Waals surface area contributed by atoms with Crippen LogP contribution in [0, 0.1) is 0 Å². The Morgan fingerprint density at radius 1 is 1.31 bits per heavy atom. The van der Waals surface area contributed by atoms with E-state index in [1.807, 2.05) is 35.9 Å². The highest BCUT2D eigenvalue weighted by molar-refractivity contribution is 9.10. The van der Waals surface area contributed by atoms with Gasteiger partial charge in [0.25, 0.3) is 0 Å². The SMILES string of the molecule is Cn1c(-c2ccc(Br)o2)nc2cccnc21. The highest BCUT2D eigenvalue weighted by atomic mass is 79.9. The molecule has 0 amide bonds. The molecule has 0 spiro atoms. The molecule has 16 heavy (non-hydrogen) atoms. The van der Waals surface area contributed by atoms with Crippen LogP contribution in [0.25, 0.3) is 22.7 Å². The summed E-state index contributed by atoms with van der Waals surface area (Å²) in [5.41, 5.74) is 1.72. The lowest BCUT2D eigenvalue weighted by molar-refractivity contribution is 0.549. The smallest absolute Gasteiger partial charge is 0.178 e. The van der Waals surface area contributed by atoms with Crippen LogP contribution in [-0.2, 0) is 7.05 Å². The second kappa shape index (κ2) is 3.45. The summed E-state index contributed by atoms with van der Waals surface area (Å²) in [7, 11) is 1.92. The van der Waals surface area contributed by atoms with Crippen molar-refractivity contribution in [3.05, 3.63) is 35.1 Å². The number of imidazole rings is 1. The molecule has 0 aliphatic rings. The van der Waals surface area contributed by atoms with Crippen molar-refractivity contribution in [3.8, 4) is 11.6 Å². The predicted molar refractivity (Wildman–Crippen MR) is 63.9 cm³/mol. The minimum Gasteiger partial charge on any atom is -0.446 e. The van der Waals surface area contributed by atoms with E-state index in [-0.39, 0.29) is 0 Å². The quantitative estimate of drug-likeness (QED) is 0.687. The first-order valence-electron chi connectivity index (χ1n) is 4.79. The molecular weight excluding hydrogens is 270 g/mol. The Morgan fingerprint density at radius 2 is 2.19 bits per heavy atom.